The molecule has 184 valence electrons. The summed E-state index contributed by atoms with van der Waals surface area (Å²) in [5.41, 5.74) is 6.83. The van der Waals surface area contributed by atoms with Gasteiger partial charge in [0, 0.05) is 35.5 Å². The number of likely N-dealkylation sites (tertiary alicyclic amines) is 1. The van der Waals surface area contributed by atoms with Crippen LogP contribution < -0.4 is 5.73 Å². The molecule has 0 bridgehead atoms. The van der Waals surface area contributed by atoms with Crippen LogP contribution in [-0.4, -0.2) is 47.9 Å². The van der Waals surface area contributed by atoms with Crippen LogP contribution in [-0.2, 0) is 10.2 Å². The lowest BCUT2D eigenvalue weighted by molar-refractivity contribution is -0.899. The SMILES string of the molecule is C[N+]1(CCCSc2cc(F)cc(F)c2)CCC(C(C(N)=O)(c2ccccc2)c2ccc(O)cc2)C1. The Labute approximate surface area is 209 Å². The number of carbonyl (C=O) groups excluding carboxylic acids is 1. The van der Waals surface area contributed by atoms with Crippen molar-refractivity contribution < 1.29 is 23.2 Å². The van der Waals surface area contributed by atoms with Gasteiger partial charge in [-0.15, -0.1) is 11.8 Å². The summed E-state index contributed by atoms with van der Waals surface area (Å²) in [6, 6.07) is 20.1. The van der Waals surface area contributed by atoms with Gasteiger partial charge in [-0.1, -0.05) is 42.5 Å². The van der Waals surface area contributed by atoms with Crippen molar-refractivity contribution in [3.8, 4) is 5.75 Å². The fraction of sp³-hybridized carbons (Fsp3) is 0.321. The first kappa shape index (κ1) is 25.2. The van der Waals surface area contributed by atoms with Crippen LogP contribution in [0.15, 0.2) is 77.7 Å². The van der Waals surface area contributed by atoms with E-state index in [9.17, 15) is 18.7 Å². The molecule has 4 rings (SSSR count). The Morgan fingerprint density at radius 1 is 1.06 bits per heavy atom. The standard InChI is InChI=1S/C28H30F2N2O2S/c1-32(13-5-15-35-26-17-23(29)16-24(30)18-26)14-12-22(19-32)28(27(31)34,20-6-3-2-4-7-20)21-8-10-25(33)11-9-21/h2-4,6-11,16-18,22H,5,12-15,19H2,1H3,(H2-,31,33,34)/p+1. The number of phenolic OH excluding ortho intramolecular Hbond substituents is 1. The number of carbonyl (C=O) groups is 1. The van der Waals surface area contributed by atoms with E-state index in [1.165, 1.54) is 23.9 Å². The van der Waals surface area contributed by atoms with Crippen molar-refractivity contribution in [2.24, 2.45) is 11.7 Å². The van der Waals surface area contributed by atoms with Crippen molar-refractivity contribution in [2.45, 2.75) is 23.2 Å². The number of benzene rings is 3. The van der Waals surface area contributed by atoms with Crippen molar-refractivity contribution >= 4 is 17.7 Å². The van der Waals surface area contributed by atoms with E-state index >= 15 is 0 Å². The van der Waals surface area contributed by atoms with E-state index in [1.807, 2.05) is 30.3 Å². The van der Waals surface area contributed by atoms with Gasteiger partial charge in [0.1, 0.15) is 22.8 Å². The van der Waals surface area contributed by atoms with Crippen LogP contribution in [0.3, 0.4) is 0 Å². The smallest absolute Gasteiger partial charge is 0.233 e. The Morgan fingerprint density at radius 3 is 2.31 bits per heavy atom. The highest BCUT2D eigenvalue weighted by atomic mass is 32.2. The number of quaternary nitrogens is 1. The lowest BCUT2D eigenvalue weighted by Gasteiger charge is -2.38. The fourth-order valence-corrected chi connectivity index (χ4v) is 6.44. The molecule has 0 radical (unpaired) electrons. The molecule has 1 saturated heterocycles. The predicted octanol–water partition coefficient (Wildman–Crippen LogP) is 5.09. The molecule has 1 heterocycles. The number of nitrogens with two attached hydrogens (primary N) is 1. The van der Waals surface area contributed by atoms with Crippen LogP contribution in [0.1, 0.15) is 24.0 Å². The molecule has 0 aliphatic carbocycles. The zero-order valence-electron chi connectivity index (χ0n) is 19.8. The molecule has 3 aromatic carbocycles. The van der Waals surface area contributed by atoms with Gasteiger partial charge in [-0.3, -0.25) is 4.79 Å². The monoisotopic (exact) mass is 497 g/mol. The van der Waals surface area contributed by atoms with Crippen molar-refractivity contribution in [2.75, 3.05) is 32.4 Å². The summed E-state index contributed by atoms with van der Waals surface area (Å²) in [6.07, 6.45) is 1.71. The van der Waals surface area contributed by atoms with Crippen molar-refractivity contribution in [1.82, 2.24) is 0 Å². The second-order valence-electron chi connectivity index (χ2n) is 9.63. The molecule has 0 saturated carbocycles. The molecular formula is C28H31F2N2O2S+. The van der Waals surface area contributed by atoms with Crippen LogP contribution in [0, 0.1) is 17.6 Å². The Hall–Kier alpha value is -2.90. The minimum absolute atomic E-state index is 0.0121. The van der Waals surface area contributed by atoms with Crippen LogP contribution >= 0.6 is 11.8 Å². The summed E-state index contributed by atoms with van der Waals surface area (Å²) >= 11 is 1.45. The number of phenols is 1. The molecular weight excluding hydrogens is 466 g/mol. The second-order valence-corrected chi connectivity index (χ2v) is 10.8. The van der Waals surface area contributed by atoms with E-state index in [0.29, 0.717) is 4.90 Å². The highest BCUT2D eigenvalue weighted by molar-refractivity contribution is 7.99. The summed E-state index contributed by atoms with van der Waals surface area (Å²) in [5, 5.41) is 9.85. The summed E-state index contributed by atoms with van der Waals surface area (Å²) < 4.78 is 27.7. The first-order chi connectivity index (χ1) is 16.7. The average molecular weight is 498 g/mol. The largest absolute Gasteiger partial charge is 0.508 e. The number of hydrogen-bond acceptors (Lipinski definition) is 3. The predicted molar refractivity (Wildman–Crippen MR) is 135 cm³/mol. The van der Waals surface area contributed by atoms with Crippen molar-refractivity contribution in [1.29, 1.82) is 0 Å². The zero-order valence-corrected chi connectivity index (χ0v) is 20.6. The number of halogens is 2. The topological polar surface area (TPSA) is 63.3 Å². The molecule has 3 atom stereocenters. The minimum Gasteiger partial charge on any atom is -0.508 e. The quantitative estimate of drug-likeness (QED) is 0.246. The lowest BCUT2D eigenvalue weighted by atomic mass is 9.64. The van der Waals surface area contributed by atoms with Gasteiger partial charge in [-0.25, -0.2) is 8.78 Å². The number of rotatable bonds is 9. The van der Waals surface area contributed by atoms with E-state index in [0.717, 1.165) is 59.9 Å². The van der Waals surface area contributed by atoms with Crippen molar-refractivity contribution in [3.63, 3.8) is 0 Å². The highest BCUT2D eigenvalue weighted by Gasteiger charge is 2.53. The van der Waals surface area contributed by atoms with Gasteiger partial charge in [0.2, 0.25) is 5.91 Å². The first-order valence-electron chi connectivity index (χ1n) is 11.8. The third-order valence-corrected chi connectivity index (χ3v) is 8.24. The molecule has 35 heavy (non-hydrogen) atoms. The Kier molecular flexibility index (Phi) is 7.47. The van der Waals surface area contributed by atoms with Gasteiger partial charge >= 0.3 is 0 Å². The Bertz CT molecular complexity index is 1160. The van der Waals surface area contributed by atoms with Gasteiger partial charge in [0.15, 0.2) is 0 Å². The fourth-order valence-electron chi connectivity index (χ4n) is 5.54. The van der Waals surface area contributed by atoms with Gasteiger partial charge in [0.05, 0.1) is 26.7 Å². The number of thioether (sulfide) groups is 1. The second kappa shape index (κ2) is 10.4. The van der Waals surface area contributed by atoms with E-state index in [4.69, 9.17) is 5.73 Å². The number of hydrogen-bond donors (Lipinski definition) is 2. The first-order valence-corrected chi connectivity index (χ1v) is 12.8. The van der Waals surface area contributed by atoms with Gasteiger partial charge in [-0.05, 0) is 35.4 Å². The number of amides is 1. The Balaban J connectivity index is 1.53. The maximum absolute atomic E-state index is 13.5. The molecule has 1 amide bonds. The summed E-state index contributed by atoms with van der Waals surface area (Å²) in [7, 11) is 2.19. The number of aromatic hydroxyl groups is 1. The van der Waals surface area contributed by atoms with Crippen LogP contribution in [0.4, 0.5) is 8.78 Å². The van der Waals surface area contributed by atoms with E-state index in [1.54, 1.807) is 24.3 Å². The van der Waals surface area contributed by atoms with Gasteiger partial charge < -0.3 is 15.3 Å². The van der Waals surface area contributed by atoms with Gasteiger partial charge in [0.25, 0.3) is 0 Å². The molecule has 1 aliphatic heterocycles. The van der Waals surface area contributed by atoms with E-state index < -0.39 is 23.0 Å². The third-order valence-electron chi connectivity index (χ3n) is 7.18. The number of nitrogens with zero attached hydrogens (tertiary/aromatic N) is 1. The maximum Gasteiger partial charge on any atom is 0.233 e. The number of primary amides is 1. The van der Waals surface area contributed by atoms with Gasteiger partial charge in [-0.2, -0.15) is 0 Å². The molecule has 1 aliphatic rings. The molecule has 0 aromatic heterocycles. The molecule has 0 spiro atoms. The summed E-state index contributed by atoms with van der Waals surface area (Å²) in [5.74, 6) is -0.640. The normalized spacial score (nSPS) is 21.5. The summed E-state index contributed by atoms with van der Waals surface area (Å²) in [4.78, 5) is 13.9. The third kappa shape index (κ3) is 5.36. The van der Waals surface area contributed by atoms with Crippen LogP contribution in [0.2, 0.25) is 0 Å². The average Bonchev–Trinajstić information content (AvgIpc) is 3.20. The van der Waals surface area contributed by atoms with E-state index in [-0.39, 0.29) is 11.7 Å². The molecule has 1 fully saturated rings. The summed E-state index contributed by atoms with van der Waals surface area (Å²) in [6.45, 7) is 2.57. The maximum atomic E-state index is 13.5. The lowest BCUT2D eigenvalue weighted by Crippen LogP contribution is -2.51. The van der Waals surface area contributed by atoms with E-state index in [2.05, 4.69) is 7.05 Å². The van der Waals surface area contributed by atoms with Crippen LogP contribution in [0.25, 0.3) is 0 Å². The molecule has 3 aromatic rings. The molecule has 7 heteroatoms. The highest BCUT2D eigenvalue weighted by Crippen LogP contribution is 2.45. The minimum atomic E-state index is -1.00. The molecule has 3 N–H and O–H groups in total. The van der Waals surface area contributed by atoms with Crippen molar-refractivity contribution in [3.05, 3.63) is 95.6 Å². The van der Waals surface area contributed by atoms with Crippen LogP contribution in [0.5, 0.6) is 5.75 Å². The zero-order chi connectivity index (χ0) is 25.1. The molecule has 4 nitrogen and oxygen atoms in total. The Morgan fingerprint density at radius 2 is 1.69 bits per heavy atom. The molecule has 3 unspecified atom stereocenters.